The lowest BCUT2D eigenvalue weighted by atomic mass is 9.82. The number of hydrogen-bond acceptors (Lipinski definition) is 3. The number of phenolic OH excluding ortho intramolecular Hbond substituents is 1. The monoisotopic (exact) mass is 261 g/mol. The predicted octanol–water partition coefficient (Wildman–Crippen LogP) is 2.72. The highest BCUT2D eigenvalue weighted by atomic mass is 16.4. The summed E-state index contributed by atoms with van der Waals surface area (Å²) in [6.45, 7) is 1.91. The van der Waals surface area contributed by atoms with Crippen molar-refractivity contribution in [2.45, 2.75) is 25.7 Å². The van der Waals surface area contributed by atoms with Crippen LogP contribution in [0.5, 0.6) is 5.75 Å². The van der Waals surface area contributed by atoms with Gasteiger partial charge in [-0.25, -0.2) is 4.79 Å². The van der Waals surface area contributed by atoms with E-state index in [9.17, 15) is 15.0 Å². The second kappa shape index (κ2) is 4.76. The van der Waals surface area contributed by atoms with Crippen LogP contribution in [-0.2, 0) is 0 Å². The van der Waals surface area contributed by atoms with Crippen molar-refractivity contribution < 1.29 is 15.0 Å². The summed E-state index contributed by atoms with van der Waals surface area (Å²) in [5.41, 5.74) is 0.957. The van der Waals surface area contributed by atoms with Gasteiger partial charge in [-0.3, -0.25) is 0 Å². The second-order valence-corrected chi connectivity index (χ2v) is 5.72. The van der Waals surface area contributed by atoms with Crippen LogP contribution in [-0.4, -0.2) is 29.3 Å². The summed E-state index contributed by atoms with van der Waals surface area (Å²) in [4.78, 5) is 13.5. The molecular formula is C15H19NO3. The van der Waals surface area contributed by atoms with Gasteiger partial charge in [0.2, 0.25) is 0 Å². The number of aromatic carboxylic acids is 1. The quantitative estimate of drug-likeness (QED) is 0.859. The molecule has 19 heavy (non-hydrogen) atoms. The number of carbonyl (C=O) groups is 1. The van der Waals surface area contributed by atoms with E-state index >= 15 is 0 Å². The first-order chi connectivity index (χ1) is 9.15. The zero-order valence-electron chi connectivity index (χ0n) is 10.9. The fourth-order valence-electron chi connectivity index (χ4n) is 3.57. The molecule has 0 radical (unpaired) electrons. The maximum atomic E-state index is 11.3. The van der Waals surface area contributed by atoms with Crippen LogP contribution in [0.15, 0.2) is 18.2 Å². The molecule has 3 rings (SSSR count). The summed E-state index contributed by atoms with van der Waals surface area (Å²) in [5.74, 6) is 0.465. The summed E-state index contributed by atoms with van der Waals surface area (Å²) >= 11 is 0. The first-order valence-corrected chi connectivity index (χ1v) is 6.96. The SMILES string of the molecule is O=C(O)c1cc(O)ccc1N1CC2CCCCC2C1. The van der Waals surface area contributed by atoms with E-state index in [4.69, 9.17) is 0 Å². The van der Waals surface area contributed by atoms with Gasteiger partial charge in [0.05, 0.1) is 11.3 Å². The van der Waals surface area contributed by atoms with Crippen LogP contribution in [0.25, 0.3) is 0 Å². The first kappa shape index (κ1) is 12.3. The molecule has 1 heterocycles. The van der Waals surface area contributed by atoms with Crippen molar-refractivity contribution in [3.63, 3.8) is 0 Å². The Kier molecular flexibility index (Phi) is 3.09. The zero-order valence-corrected chi connectivity index (χ0v) is 10.9. The lowest BCUT2D eigenvalue weighted by Gasteiger charge is -2.22. The van der Waals surface area contributed by atoms with Gasteiger partial charge in [0.25, 0.3) is 0 Å². The van der Waals surface area contributed by atoms with Crippen LogP contribution >= 0.6 is 0 Å². The van der Waals surface area contributed by atoms with Crippen molar-refractivity contribution in [2.75, 3.05) is 18.0 Å². The normalized spacial score (nSPS) is 26.2. The third-order valence-electron chi connectivity index (χ3n) is 4.53. The molecular weight excluding hydrogens is 242 g/mol. The number of carboxylic acid groups (broad SMARTS) is 1. The van der Waals surface area contributed by atoms with Crippen LogP contribution in [0.1, 0.15) is 36.0 Å². The van der Waals surface area contributed by atoms with Gasteiger partial charge in [0, 0.05) is 13.1 Å². The summed E-state index contributed by atoms with van der Waals surface area (Å²) in [7, 11) is 0. The number of fused-ring (bicyclic) bond motifs is 1. The molecule has 4 heteroatoms. The molecule has 2 unspecified atom stereocenters. The molecule has 2 N–H and O–H groups in total. The van der Waals surface area contributed by atoms with Gasteiger partial charge in [-0.15, -0.1) is 0 Å². The summed E-state index contributed by atoms with van der Waals surface area (Å²) in [5, 5.41) is 18.7. The minimum absolute atomic E-state index is 0.0118. The number of aromatic hydroxyl groups is 1. The molecule has 0 amide bonds. The zero-order chi connectivity index (χ0) is 13.4. The highest BCUT2D eigenvalue weighted by Crippen LogP contribution is 2.39. The molecule has 2 fully saturated rings. The van der Waals surface area contributed by atoms with Gasteiger partial charge in [-0.2, -0.15) is 0 Å². The molecule has 102 valence electrons. The Balaban J connectivity index is 1.88. The number of carboxylic acids is 1. The lowest BCUT2D eigenvalue weighted by molar-refractivity contribution is 0.0697. The number of phenols is 1. The number of benzene rings is 1. The fourth-order valence-corrected chi connectivity index (χ4v) is 3.57. The van der Waals surface area contributed by atoms with Gasteiger partial charge >= 0.3 is 5.97 Å². The number of anilines is 1. The Morgan fingerprint density at radius 1 is 1.16 bits per heavy atom. The summed E-state index contributed by atoms with van der Waals surface area (Å²) in [6.07, 6.45) is 5.13. The van der Waals surface area contributed by atoms with Gasteiger partial charge in [0.1, 0.15) is 5.75 Å². The van der Waals surface area contributed by atoms with Crippen molar-refractivity contribution in [3.05, 3.63) is 23.8 Å². The number of nitrogens with zero attached hydrogens (tertiary/aromatic N) is 1. The van der Waals surface area contributed by atoms with Crippen molar-refractivity contribution in [1.29, 1.82) is 0 Å². The first-order valence-electron chi connectivity index (χ1n) is 6.96. The molecule has 0 aromatic heterocycles. The Hall–Kier alpha value is -1.71. The fraction of sp³-hybridized carbons (Fsp3) is 0.533. The standard InChI is InChI=1S/C15H19NO3/c17-12-5-6-14(13(7-12)15(18)19)16-8-10-3-1-2-4-11(10)9-16/h5-7,10-11,17H,1-4,8-9H2,(H,18,19). The average molecular weight is 261 g/mol. The molecule has 4 nitrogen and oxygen atoms in total. The van der Waals surface area contributed by atoms with Crippen LogP contribution in [0.3, 0.4) is 0 Å². The van der Waals surface area contributed by atoms with Crippen LogP contribution < -0.4 is 4.90 Å². The van der Waals surface area contributed by atoms with Gasteiger partial charge in [-0.05, 0) is 42.9 Å². The molecule has 1 aromatic rings. The van der Waals surface area contributed by atoms with Crippen molar-refractivity contribution in [1.82, 2.24) is 0 Å². The highest BCUT2D eigenvalue weighted by molar-refractivity contribution is 5.95. The molecule has 0 spiro atoms. The van der Waals surface area contributed by atoms with Crippen LogP contribution in [0, 0.1) is 11.8 Å². The van der Waals surface area contributed by atoms with Crippen molar-refractivity contribution in [3.8, 4) is 5.75 Å². The Bertz CT molecular complexity index is 486. The molecule has 1 aliphatic heterocycles. The average Bonchev–Trinajstić information content (AvgIpc) is 2.82. The van der Waals surface area contributed by atoms with E-state index in [0.29, 0.717) is 11.8 Å². The minimum Gasteiger partial charge on any atom is -0.508 e. The third kappa shape index (κ3) is 2.27. The van der Waals surface area contributed by atoms with Gasteiger partial charge < -0.3 is 15.1 Å². The summed E-state index contributed by atoms with van der Waals surface area (Å²) < 4.78 is 0. The van der Waals surface area contributed by atoms with Crippen LogP contribution in [0.2, 0.25) is 0 Å². The van der Waals surface area contributed by atoms with E-state index in [2.05, 4.69) is 4.90 Å². The Morgan fingerprint density at radius 3 is 2.37 bits per heavy atom. The highest BCUT2D eigenvalue weighted by Gasteiger charge is 2.35. The third-order valence-corrected chi connectivity index (χ3v) is 4.53. The van der Waals surface area contributed by atoms with E-state index in [0.717, 1.165) is 18.8 Å². The molecule has 1 saturated heterocycles. The van der Waals surface area contributed by atoms with E-state index < -0.39 is 5.97 Å². The maximum absolute atomic E-state index is 11.3. The van der Waals surface area contributed by atoms with Crippen molar-refractivity contribution in [2.24, 2.45) is 11.8 Å². The van der Waals surface area contributed by atoms with E-state index in [1.165, 1.54) is 31.7 Å². The van der Waals surface area contributed by atoms with Gasteiger partial charge in [0.15, 0.2) is 0 Å². The van der Waals surface area contributed by atoms with Crippen LogP contribution in [0.4, 0.5) is 5.69 Å². The molecule has 0 bridgehead atoms. The molecule has 2 atom stereocenters. The molecule has 2 aliphatic rings. The van der Waals surface area contributed by atoms with E-state index in [-0.39, 0.29) is 11.3 Å². The van der Waals surface area contributed by atoms with Gasteiger partial charge in [-0.1, -0.05) is 12.8 Å². The molecule has 1 aromatic carbocycles. The molecule has 1 saturated carbocycles. The topological polar surface area (TPSA) is 60.8 Å². The number of hydrogen-bond donors (Lipinski definition) is 2. The Labute approximate surface area is 112 Å². The molecule has 1 aliphatic carbocycles. The van der Waals surface area contributed by atoms with Crippen molar-refractivity contribution >= 4 is 11.7 Å². The Morgan fingerprint density at radius 2 is 1.79 bits per heavy atom. The smallest absolute Gasteiger partial charge is 0.337 e. The minimum atomic E-state index is -0.972. The second-order valence-electron chi connectivity index (χ2n) is 5.72. The van der Waals surface area contributed by atoms with E-state index in [1.807, 2.05) is 0 Å². The largest absolute Gasteiger partial charge is 0.508 e. The summed E-state index contributed by atoms with van der Waals surface area (Å²) in [6, 6.07) is 4.65. The number of rotatable bonds is 2. The maximum Gasteiger partial charge on any atom is 0.337 e. The predicted molar refractivity (Wildman–Crippen MR) is 72.7 cm³/mol. The lowest BCUT2D eigenvalue weighted by Crippen LogP contribution is -2.22. The van der Waals surface area contributed by atoms with E-state index in [1.54, 1.807) is 12.1 Å².